The zero-order valence-electron chi connectivity index (χ0n) is 12.1. The van der Waals surface area contributed by atoms with Crippen LogP contribution >= 0.6 is 11.3 Å². The molecule has 1 atom stereocenters. The number of anilines is 1. The van der Waals surface area contributed by atoms with Gasteiger partial charge in [0.25, 0.3) is 5.91 Å². The minimum atomic E-state index is -0.243. The summed E-state index contributed by atoms with van der Waals surface area (Å²) in [4.78, 5) is 13.3. The lowest BCUT2D eigenvalue weighted by Crippen LogP contribution is -2.36. The number of hydrogen-bond acceptors (Lipinski definition) is 5. The Hall–Kier alpha value is -1.82. The molecule has 6 heteroatoms. The fourth-order valence-electron chi connectivity index (χ4n) is 1.74. The van der Waals surface area contributed by atoms with Gasteiger partial charge in [-0.05, 0) is 36.8 Å². The molecule has 0 saturated heterocycles. The van der Waals surface area contributed by atoms with E-state index in [1.54, 1.807) is 0 Å². The van der Waals surface area contributed by atoms with Crippen molar-refractivity contribution in [1.29, 1.82) is 0 Å². The van der Waals surface area contributed by atoms with Gasteiger partial charge in [-0.1, -0.05) is 19.0 Å². The number of nitrogens with two attached hydrogens (primary N) is 1. The van der Waals surface area contributed by atoms with Crippen molar-refractivity contribution in [1.82, 2.24) is 10.5 Å². The maximum absolute atomic E-state index is 12.4. The van der Waals surface area contributed by atoms with Gasteiger partial charge in [0, 0.05) is 6.04 Å². The Kier molecular flexibility index (Phi) is 4.13. The van der Waals surface area contributed by atoms with E-state index in [1.165, 1.54) is 11.3 Å². The number of thiophene rings is 1. The topological polar surface area (TPSA) is 81.2 Å². The van der Waals surface area contributed by atoms with E-state index in [0.717, 1.165) is 10.4 Å². The molecular weight excluding hydrogens is 274 g/mol. The van der Waals surface area contributed by atoms with Crippen LogP contribution in [0.1, 0.15) is 36.7 Å². The lowest BCUT2D eigenvalue weighted by molar-refractivity contribution is 0.0931. The van der Waals surface area contributed by atoms with Gasteiger partial charge in [-0.25, -0.2) is 0 Å². The summed E-state index contributed by atoms with van der Waals surface area (Å²) in [5.74, 6) is 0.154. The summed E-state index contributed by atoms with van der Waals surface area (Å²) in [7, 11) is 0. The Bertz CT molecular complexity index is 616. The molecule has 0 aliphatic rings. The van der Waals surface area contributed by atoms with Gasteiger partial charge >= 0.3 is 0 Å². The zero-order chi connectivity index (χ0) is 14.9. The number of carbonyl (C=O) groups excluding carboxylic acids is 1. The average Bonchev–Trinajstić information content (AvgIpc) is 2.94. The summed E-state index contributed by atoms with van der Waals surface area (Å²) >= 11 is 1.51. The summed E-state index contributed by atoms with van der Waals surface area (Å²) in [6.07, 6.45) is 0. The largest absolute Gasteiger partial charge is 0.367 e. The standard InChI is InChI=1S/C14H19N3O2S/c1-7(2)9(4)16-14(18)10-11(17-19-13(10)15)12-8(3)5-6-20-12/h5-7,9H,15H2,1-4H3,(H,16,18). The molecule has 0 fully saturated rings. The third-order valence-corrected chi connectivity index (χ3v) is 4.40. The van der Waals surface area contributed by atoms with Crippen LogP contribution in [0, 0.1) is 12.8 Å². The van der Waals surface area contributed by atoms with E-state index in [9.17, 15) is 4.79 Å². The van der Waals surface area contributed by atoms with Crippen molar-refractivity contribution in [2.24, 2.45) is 5.92 Å². The molecule has 0 aromatic carbocycles. The van der Waals surface area contributed by atoms with E-state index in [-0.39, 0.29) is 17.8 Å². The maximum atomic E-state index is 12.4. The number of nitrogens with one attached hydrogen (secondary N) is 1. The molecule has 3 N–H and O–H groups in total. The fraction of sp³-hybridized carbons (Fsp3) is 0.429. The van der Waals surface area contributed by atoms with E-state index in [4.69, 9.17) is 10.3 Å². The monoisotopic (exact) mass is 293 g/mol. The van der Waals surface area contributed by atoms with Crippen molar-refractivity contribution >= 4 is 23.1 Å². The van der Waals surface area contributed by atoms with Crippen LogP contribution in [0.2, 0.25) is 0 Å². The highest BCUT2D eigenvalue weighted by atomic mass is 32.1. The SMILES string of the molecule is Cc1ccsc1-c1noc(N)c1C(=O)NC(C)C(C)C. The first kappa shape index (κ1) is 14.6. The first-order chi connectivity index (χ1) is 9.41. The van der Waals surface area contributed by atoms with Crippen LogP contribution in [0.4, 0.5) is 5.88 Å². The van der Waals surface area contributed by atoms with Gasteiger partial charge in [-0.3, -0.25) is 4.79 Å². The van der Waals surface area contributed by atoms with Gasteiger partial charge in [0.15, 0.2) is 0 Å². The van der Waals surface area contributed by atoms with Crippen molar-refractivity contribution in [3.05, 3.63) is 22.6 Å². The van der Waals surface area contributed by atoms with Gasteiger partial charge in [-0.2, -0.15) is 0 Å². The molecular formula is C14H19N3O2S. The quantitative estimate of drug-likeness (QED) is 0.907. The predicted molar refractivity (Wildman–Crippen MR) is 80.7 cm³/mol. The summed E-state index contributed by atoms with van der Waals surface area (Å²) in [6, 6.07) is 2.03. The minimum absolute atomic E-state index is 0.0501. The molecule has 2 rings (SSSR count). The highest BCUT2D eigenvalue weighted by Crippen LogP contribution is 2.33. The van der Waals surface area contributed by atoms with Crippen LogP contribution in [-0.2, 0) is 0 Å². The van der Waals surface area contributed by atoms with Crippen LogP contribution in [0.5, 0.6) is 0 Å². The molecule has 1 unspecified atom stereocenters. The van der Waals surface area contributed by atoms with Crippen LogP contribution in [0.15, 0.2) is 16.0 Å². The van der Waals surface area contributed by atoms with Crippen LogP contribution < -0.4 is 11.1 Å². The summed E-state index contributed by atoms with van der Waals surface area (Å²) in [5, 5.41) is 8.82. The van der Waals surface area contributed by atoms with Gasteiger partial charge < -0.3 is 15.6 Å². The van der Waals surface area contributed by atoms with E-state index < -0.39 is 0 Å². The second-order valence-electron chi connectivity index (χ2n) is 5.21. The predicted octanol–water partition coefficient (Wildman–Crippen LogP) is 3.07. The highest BCUT2D eigenvalue weighted by molar-refractivity contribution is 7.13. The lowest BCUT2D eigenvalue weighted by Gasteiger charge is -2.17. The van der Waals surface area contributed by atoms with E-state index in [0.29, 0.717) is 17.2 Å². The average molecular weight is 293 g/mol. The van der Waals surface area contributed by atoms with Gasteiger partial charge in [0.2, 0.25) is 5.88 Å². The van der Waals surface area contributed by atoms with Crippen molar-refractivity contribution < 1.29 is 9.32 Å². The number of aromatic nitrogens is 1. The molecule has 0 saturated carbocycles. The summed E-state index contributed by atoms with van der Waals surface area (Å²) in [6.45, 7) is 8.02. The summed E-state index contributed by atoms with van der Waals surface area (Å²) < 4.78 is 5.01. The first-order valence-electron chi connectivity index (χ1n) is 6.52. The van der Waals surface area contributed by atoms with Crippen molar-refractivity contribution in [2.45, 2.75) is 33.7 Å². The second-order valence-corrected chi connectivity index (χ2v) is 6.13. The number of nitrogens with zero attached hydrogens (tertiary/aromatic N) is 1. The van der Waals surface area contributed by atoms with Crippen molar-refractivity contribution in [3.63, 3.8) is 0 Å². The molecule has 108 valence electrons. The van der Waals surface area contributed by atoms with Crippen LogP contribution in [-0.4, -0.2) is 17.1 Å². The van der Waals surface area contributed by atoms with E-state index in [2.05, 4.69) is 10.5 Å². The maximum Gasteiger partial charge on any atom is 0.259 e. The number of nitrogen functional groups attached to an aromatic ring is 1. The third kappa shape index (κ3) is 2.70. The molecule has 1 amide bonds. The molecule has 20 heavy (non-hydrogen) atoms. The number of rotatable bonds is 4. The molecule has 2 aromatic heterocycles. The zero-order valence-corrected chi connectivity index (χ0v) is 12.9. The Morgan fingerprint density at radius 3 is 2.70 bits per heavy atom. The molecule has 0 bridgehead atoms. The molecule has 5 nitrogen and oxygen atoms in total. The Morgan fingerprint density at radius 1 is 1.45 bits per heavy atom. The second kappa shape index (κ2) is 5.66. The molecule has 0 aliphatic heterocycles. The molecule has 2 heterocycles. The molecule has 0 aliphatic carbocycles. The van der Waals surface area contributed by atoms with E-state index >= 15 is 0 Å². The van der Waals surface area contributed by atoms with Gasteiger partial charge in [0.1, 0.15) is 11.3 Å². The normalized spacial score (nSPS) is 12.7. The summed E-state index contributed by atoms with van der Waals surface area (Å²) in [5.41, 5.74) is 7.65. The lowest BCUT2D eigenvalue weighted by atomic mass is 10.1. The first-order valence-corrected chi connectivity index (χ1v) is 7.40. The number of hydrogen-bond donors (Lipinski definition) is 2. The number of aryl methyl sites for hydroxylation is 1. The molecule has 0 radical (unpaired) electrons. The minimum Gasteiger partial charge on any atom is -0.367 e. The van der Waals surface area contributed by atoms with Crippen molar-refractivity contribution in [2.75, 3.05) is 5.73 Å². The highest BCUT2D eigenvalue weighted by Gasteiger charge is 2.25. The van der Waals surface area contributed by atoms with Crippen LogP contribution in [0.3, 0.4) is 0 Å². The fourth-order valence-corrected chi connectivity index (χ4v) is 2.65. The third-order valence-electron chi connectivity index (χ3n) is 3.38. The smallest absolute Gasteiger partial charge is 0.259 e. The number of carbonyl (C=O) groups is 1. The van der Waals surface area contributed by atoms with E-state index in [1.807, 2.05) is 39.1 Å². The van der Waals surface area contributed by atoms with Gasteiger partial charge in [0.05, 0.1) is 4.88 Å². The molecule has 0 spiro atoms. The Balaban J connectivity index is 2.35. The Labute approximate surface area is 122 Å². The molecule has 2 aromatic rings. The Morgan fingerprint density at radius 2 is 2.15 bits per heavy atom. The van der Waals surface area contributed by atoms with Gasteiger partial charge in [-0.15, -0.1) is 11.3 Å². The van der Waals surface area contributed by atoms with Crippen molar-refractivity contribution in [3.8, 4) is 10.6 Å². The number of amides is 1. The van der Waals surface area contributed by atoms with Crippen LogP contribution in [0.25, 0.3) is 10.6 Å².